The molecule has 0 heterocycles. The van der Waals surface area contributed by atoms with E-state index >= 15 is 0 Å². The van der Waals surface area contributed by atoms with Crippen LogP contribution in [0.1, 0.15) is 13.8 Å². The lowest BCUT2D eigenvalue weighted by Gasteiger charge is -2.21. The summed E-state index contributed by atoms with van der Waals surface area (Å²) in [6, 6.07) is 0. The molecule has 0 rings (SSSR count). The third-order valence-corrected chi connectivity index (χ3v) is 3.70. The van der Waals surface area contributed by atoms with E-state index in [4.69, 9.17) is 5.11 Å². The van der Waals surface area contributed by atoms with E-state index in [2.05, 4.69) is 31.9 Å². The molecule has 0 radical (unpaired) electrons. The van der Waals surface area contributed by atoms with E-state index in [9.17, 15) is 0 Å². The first-order chi connectivity index (χ1) is 3.50. The van der Waals surface area contributed by atoms with Crippen LogP contribution in [0.2, 0.25) is 0 Å². The number of hydrogen-bond donors (Lipinski definition) is 1. The lowest BCUT2D eigenvalue weighted by molar-refractivity contribution is 0.260. The molecule has 0 fully saturated rings. The van der Waals surface area contributed by atoms with E-state index in [0.717, 1.165) is 0 Å². The molecule has 2 atom stereocenters. The van der Waals surface area contributed by atoms with Crippen LogP contribution in [0.4, 0.5) is 0 Å². The molecule has 0 unspecified atom stereocenters. The first-order valence-electron chi connectivity index (χ1n) is 2.44. The Balaban J connectivity index is 3.71. The summed E-state index contributed by atoms with van der Waals surface area (Å²) in [6.07, 6.45) is 0. The van der Waals surface area contributed by atoms with Gasteiger partial charge in [0.25, 0.3) is 0 Å². The Bertz CT molecular complexity index is 70.8. The minimum Gasteiger partial charge on any atom is -0.395 e. The summed E-state index contributed by atoms with van der Waals surface area (Å²) in [6.45, 7) is 4.08. The van der Waals surface area contributed by atoms with Crippen molar-refractivity contribution in [2.75, 3.05) is 6.61 Å². The Hall–Kier alpha value is 0.920. The molecule has 0 amide bonds. The van der Waals surface area contributed by atoms with Gasteiger partial charge in [-0.05, 0) is 6.92 Å². The van der Waals surface area contributed by atoms with Gasteiger partial charge in [0.15, 0.2) is 0 Å². The number of aliphatic hydroxyl groups is 1. The summed E-state index contributed by atoms with van der Waals surface area (Å²) in [5.74, 6) is 0. The molecule has 0 spiro atoms. The fraction of sp³-hybridized carbons (Fsp3) is 1.00. The molecule has 0 aliphatic rings. The zero-order valence-electron chi connectivity index (χ0n) is 4.99. The maximum atomic E-state index is 8.69. The van der Waals surface area contributed by atoms with Gasteiger partial charge in [0.05, 0.1) is 10.9 Å². The fourth-order valence-electron chi connectivity index (χ4n) is 0.126. The average Bonchev–Trinajstić information content (AvgIpc) is 1.67. The maximum absolute atomic E-state index is 8.69. The van der Waals surface area contributed by atoms with Crippen LogP contribution in [0.3, 0.4) is 0 Å². The van der Waals surface area contributed by atoms with Crippen molar-refractivity contribution in [2.45, 2.75) is 23.0 Å². The van der Waals surface area contributed by atoms with Crippen molar-refractivity contribution >= 4 is 31.9 Å². The van der Waals surface area contributed by atoms with Gasteiger partial charge in [0.1, 0.15) is 0 Å². The lowest BCUT2D eigenvalue weighted by Crippen LogP contribution is -2.29. The Morgan fingerprint density at radius 2 is 2.12 bits per heavy atom. The maximum Gasteiger partial charge on any atom is 0.0592 e. The van der Waals surface area contributed by atoms with E-state index in [0.29, 0.717) is 4.83 Å². The predicted octanol–water partition coefficient (Wildman–Crippen LogP) is 1.92. The molecule has 0 aliphatic heterocycles. The first-order valence-corrected chi connectivity index (χ1v) is 4.15. The van der Waals surface area contributed by atoms with Crippen LogP contribution in [0.5, 0.6) is 0 Å². The molecular formula is C5H10Br2O. The summed E-state index contributed by atoms with van der Waals surface area (Å²) in [5, 5.41) is 8.69. The molecule has 50 valence electrons. The molecule has 0 bridgehead atoms. The number of alkyl halides is 2. The summed E-state index contributed by atoms with van der Waals surface area (Å²) in [4.78, 5) is 0.292. The van der Waals surface area contributed by atoms with Crippen LogP contribution in [0.25, 0.3) is 0 Å². The zero-order valence-corrected chi connectivity index (χ0v) is 8.16. The molecule has 0 saturated carbocycles. The van der Waals surface area contributed by atoms with Gasteiger partial charge in [-0.15, -0.1) is 0 Å². The SMILES string of the molecule is C[C@@H](Br)[C@@](C)(Br)CO. The second kappa shape index (κ2) is 3.18. The predicted molar refractivity (Wildman–Crippen MR) is 42.8 cm³/mol. The fourth-order valence-corrected chi connectivity index (χ4v) is 0.271. The molecule has 0 aromatic heterocycles. The monoisotopic (exact) mass is 244 g/mol. The van der Waals surface area contributed by atoms with Gasteiger partial charge in [-0.25, -0.2) is 0 Å². The second-order valence-corrected chi connectivity index (χ2v) is 5.24. The van der Waals surface area contributed by atoms with Crippen molar-refractivity contribution in [3.63, 3.8) is 0 Å². The van der Waals surface area contributed by atoms with Crippen LogP contribution in [0, 0.1) is 0 Å². The standard InChI is InChI=1S/C5H10Br2O/c1-4(6)5(2,7)3-8/h4,8H,3H2,1-2H3/t4-,5+/m1/s1. The van der Waals surface area contributed by atoms with Crippen molar-refractivity contribution < 1.29 is 5.11 Å². The Kier molecular flexibility index (Phi) is 3.55. The van der Waals surface area contributed by atoms with E-state index in [1.54, 1.807) is 0 Å². The van der Waals surface area contributed by atoms with Crippen molar-refractivity contribution in [3.05, 3.63) is 0 Å². The lowest BCUT2D eigenvalue weighted by atomic mass is 10.1. The van der Waals surface area contributed by atoms with Crippen LogP contribution >= 0.6 is 31.9 Å². The smallest absolute Gasteiger partial charge is 0.0592 e. The molecule has 0 aromatic carbocycles. The van der Waals surface area contributed by atoms with Gasteiger partial charge >= 0.3 is 0 Å². The summed E-state index contributed by atoms with van der Waals surface area (Å²) in [7, 11) is 0. The van der Waals surface area contributed by atoms with E-state index in [1.165, 1.54) is 0 Å². The van der Waals surface area contributed by atoms with Crippen LogP contribution < -0.4 is 0 Å². The average molecular weight is 246 g/mol. The van der Waals surface area contributed by atoms with Crippen molar-refractivity contribution in [1.82, 2.24) is 0 Å². The summed E-state index contributed by atoms with van der Waals surface area (Å²) < 4.78 is -0.174. The van der Waals surface area contributed by atoms with Crippen LogP contribution in [-0.4, -0.2) is 20.9 Å². The van der Waals surface area contributed by atoms with E-state index in [1.807, 2.05) is 13.8 Å². The van der Waals surface area contributed by atoms with Crippen molar-refractivity contribution in [2.24, 2.45) is 0 Å². The molecule has 0 saturated heterocycles. The van der Waals surface area contributed by atoms with Crippen molar-refractivity contribution in [3.8, 4) is 0 Å². The minimum absolute atomic E-state index is 0.152. The van der Waals surface area contributed by atoms with E-state index < -0.39 is 0 Å². The van der Waals surface area contributed by atoms with Gasteiger partial charge in [-0.1, -0.05) is 38.8 Å². The molecular weight excluding hydrogens is 236 g/mol. The number of aliphatic hydroxyl groups excluding tert-OH is 1. The van der Waals surface area contributed by atoms with Gasteiger partial charge < -0.3 is 5.11 Å². The first kappa shape index (κ1) is 8.92. The van der Waals surface area contributed by atoms with Crippen molar-refractivity contribution in [1.29, 1.82) is 0 Å². The number of halogens is 2. The summed E-state index contributed by atoms with van der Waals surface area (Å²) >= 11 is 6.70. The molecule has 1 nitrogen and oxygen atoms in total. The Morgan fingerprint density at radius 3 is 2.12 bits per heavy atom. The highest BCUT2D eigenvalue weighted by molar-refractivity contribution is 9.12. The topological polar surface area (TPSA) is 20.2 Å². The highest BCUT2D eigenvalue weighted by atomic mass is 79.9. The Labute approximate surface area is 66.7 Å². The minimum atomic E-state index is -0.174. The molecule has 3 heteroatoms. The van der Waals surface area contributed by atoms with Gasteiger partial charge in [0.2, 0.25) is 0 Å². The van der Waals surface area contributed by atoms with Gasteiger partial charge in [0, 0.05) is 4.83 Å². The molecule has 0 aliphatic carbocycles. The second-order valence-electron chi connectivity index (χ2n) is 2.05. The quantitative estimate of drug-likeness (QED) is 0.738. The van der Waals surface area contributed by atoms with E-state index in [-0.39, 0.29) is 10.9 Å². The van der Waals surface area contributed by atoms with Gasteiger partial charge in [-0.2, -0.15) is 0 Å². The number of rotatable bonds is 2. The third-order valence-electron chi connectivity index (χ3n) is 1.14. The van der Waals surface area contributed by atoms with Crippen LogP contribution in [0.15, 0.2) is 0 Å². The summed E-state index contributed by atoms with van der Waals surface area (Å²) in [5.41, 5.74) is 0. The molecule has 8 heavy (non-hydrogen) atoms. The number of hydrogen-bond acceptors (Lipinski definition) is 1. The Morgan fingerprint density at radius 1 is 1.75 bits per heavy atom. The normalized spacial score (nSPS) is 22.1. The molecule has 1 N–H and O–H groups in total. The highest BCUT2D eigenvalue weighted by Gasteiger charge is 2.24. The molecule has 0 aromatic rings. The zero-order chi connectivity index (χ0) is 6.78. The van der Waals surface area contributed by atoms with Crippen LogP contribution in [-0.2, 0) is 0 Å². The van der Waals surface area contributed by atoms with Gasteiger partial charge in [-0.3, -0.25) is 0 Å². The third kappa shape index (κ3) is 2.46. The largest absolute Gasteiger partial charge is 0.395 e. The highest BCUT2D eigenvalue weighted by Crippen LogP contribution is 2.26.